The number of carbonyl (C=O) groups is 1. The topological polar surface area (TPSA) is 152 Å². The minimum absolute atomic E-state index is 0.00331. The number of carbonyl (C=O) groups excluding carboxylic acids is 1. The van der Waals surface area contributed by atoms with E-state index in [1.54, 1.807) is 0 Å². The Hall–Kier alpha value is -2.95. The highest BCUT2D eigenvalue weighted by Gasteiger charge is 2.38. The molecule has 1 aliphatic rings. The van der Waals surface area contributed by atoms with Crippen molar-refractivity contribution in [1.29, 1.82) is 0 Å². The lowest BCUT2D eigenvalue weighted by Crippen LogP contribution is -2.52. The number of esters is 1. The predicted molar refractivity (Wildman–Crippen MR) is 95.2 cm³/mol. The maximum absolute atomic E-state index is 11.4. The molecule has 4 N–H and O–H groups in total. The summed E-state index contributed by atoms with van der Waals surface area (Å²) in [6.07, 6.45) is -4.30. The molecule has 0 spiro atoms. The largest absolute Gasteiger partial charge is 0.502 e. The van der Waals surface area contributed by atoms with Crippen molar-refractivity contribution in [2.75, 3.05) is 19.0 Å². The molecule has 2 aromatic carbocycles. The minimum atomic E-state index is -1.32. The van der Waals surface area contributed by atoms with Gasteiger partial charge in [-0.2, -0.15) is 0 Å². The SMILES string of the molecule is COC(=O)c1ccc(OC2OC(CNc3c(O)c(=O)c3=O)CC(O)C2O)cc1. The molecule has 4 atom stereocenters. The number of aliphatic hydroxyl groups is 2. The van der Waals surface area contributed by atoms with Gasteiger partial charge < -0.3 is 34.8 Å². The van der Waals surface area contributed by atoms with Crippen LogP contribution < -0.4 is 20.9 Å². The summed E-state index contributed by atoms with van der Waals surface area (Å²) in [5, 5.41) is 32.1. The zero-order chi connectivity index (χ0) is 20.4. The third-order valence-corrected chi connectivity index (χ3v) is 4.42. The fraction of sp³-hybridized carbons (Fsp3) is 0.389. The lowest BCUT2D eigenvalue weighted by atomic mass is 10.0. The smallest absolute Gasteiger partial charge is 0.337 e. The van der Waals surface area contributed by atoms with Crippen molar-refractivity contribution in [3.05, 3.63) is 50.3 Å². The highest BCUT2D eigenvalue weighted by atomic mass is 16.7. The van der Waals surface area contributed by atoms with Crippen LogP contribution in [0.25, 0.3) is 0 Å². The fourth-order valence-electron chi connectivity index (χ4n) is 2.83. The van der Waals surface area contributed by atoms with Crippen LogP contribution in [0.15, 0.2) is 33.9 Å². The number of aromatic hydroxyl groups is 1. The second kappa shape index (κ2) is 7.97. The van der Waals surface area contributed by atoms with Gasteiger partial charge in [0.25, 0.3) is 10.9 Å². The standard InChI is InChI=1S/C18H19NO9/c1-26-17(25)8-2-4-9(5-3-8)27-18-13(21)11(20)6-10(28-18)7-19-12-14(22)16(24)15(12)23/h2-5,10-11,13,18-22H,6-7H2,1H3. The van der Waals surface area contributed by atoms with Crippen LogP contribution >= 0.6 is 0 Å². The van der Waals surface area contributed by atoms with Crippen molar-refractivity contribution in [2.24, 2.45) is 0 Å². The average Bonchev–Trinajstić information content (AvgIpc) is 2.71. The first kappa shape index (κ1) is 19.8. The molecule has 1 aliphatic heterocycles. The van der Waals surface area contributed by atoms with Gasteiger partial charge in [-0.15, -0.1) is 0 Å². The molecular weight excluding hydrogens is 374 g/mol. The first-order valence-corrected chi connectivity index (χ1v) is 8.44. The summed E-state index contributed by atoms with van der Waals surface area (Å²) in [6.45, 7) is 0.00331. The maximum Gasteiger partial charge on any atom is 0.337 e. The summed E-state index contributed by atoms with van der Waals surface area (Å²) in [5.74, 6) is -0.860. The first-order valence-electron chi connectivity index (χ1n) is 8.44. The highest BCUT2D eigenvalue weighted by Crippen LogP contribution is 2.25. The van der Waals surface area contributed by atoms with Gasteiger partial charge in [0.05, 0.1) is 24.9 Å². The van der Waals surface area contributed by atoms with Crippen LogP contribution in [-0.4, -0.2) is 59.5 Å². The average molecular weight is 393 g/mol. The van der Waals surface area contributed by atoms with Crippen molar-refractivity contribution >= 4 is 11.7 Å². The van der Waals surface area contributed by atoms with Gasteiger partial charge >= 0.3 is 5.97 Å². The molecule has 0 aromatic heterocycles. The van der Waals surface area contributed by atoms with Gasteiger partial charge in [0.15, 0.2) is 5.75 Å². The summed E-state index contributed by atoms with van der Waals surface area (Å²) < 4.78 is 15.8. The van der Waals surface area contributed by atoms with Crippen molar-refractivity contribution in [1.82, 2.24) is 0 Å². The molecule has 1 saturated heterocycles. The van der Waals surface area contributed by atoms with Gasteiger partial charge in [-0.25, -0.2) is 4.79 Å². The van der Waals surface area contributed by atoms with Gasteiger partial charge in [-0.3, -0.25) is 9.59 Å². The summed E-state index contributed by atoms with van der Waals surface area (Å²) in [5.41, 5.74) is -1.67. The number of hydrogen-bond acceptors (Lipinski definition) is 10. The zero-order valence-corrected chi connectivity index (χ0v) is 14.8. The monoisotopic (exact) mass is 393 g/mol. The second-order valence-electron chi connectivity index (χ2n) is 6.32. The molecule has 2 aromatic rings. The molecular formula is C18H19NO9. The van der Waals surface area contributed by atoms with Crippen LogP contribution in [0.4, 0.5) is 5.69 Å². The lowest BCUT2D eigenvalue weighted by molar-refractivity contribution is -0.232. The van der Waals surface area contributed by atoms with Crippen LogP contribution in [0.3, 0.4) is 0 Å². The summed E-state index contributed by atoms with van der Waals surface area (Å²) in [7, 11) is 1.26. The Morgan fingerprint density at radius 1 is 1.21 bits per heavy atom. The molecule has 0 radical (unpaired) electrons. The molecule has 0 amide bonds. The van der Waals surface area contributed by atoms with Crippen LogP contribution in [0.5, 0.6) is 11.5 Å². The number of methoxy groups -OCH3 is 1. The van der Waals surface area contributed by atoms with E-state index in [4.69, 9.17) is 9.47 Å². The van der Waals surface area contributed by atoms with Gasteiger partial charge in [0.2, 0.25) is 6.29 Å². The molecule has 3 rings (SSSR count). The minimum Gasteiger partial charge on any atom is -0.502 e. The van der Waals surface area contributed by atoms with Crippen molar-refractivity contribution in [2.45, 2.75) is 31.0 Å². The van der Waals surface area contributed by atoms with Gasteiger partial charge in [-0.1, -0.05) is 0 Å². The quantitative estimate of drug-likeness (QED) is 0.359. The second-order valence-corrected chi connectivity index (χ2v) is 6.32. The van der Waals surface area contributed by atoms with Gasteiger partial charge in [-0.05, 0) is 24.3 Å². The van der Waals surface area contributed by atoms with E-state index in [0.717, 1.165) is 0 Å². The number of aliphatic hydroxyl groups excluding tert-OH is 2. The van der Waals surface area contributed by atoms with Gasteiger partial charge in [0, 0.05) is 13.0 Å². The molecule has 10 nitrogen and oxygen atoms in total. The molecule has 150 valence electrons. The Labute approximate surface area is 158 Å². The van der Waals surface area contributed by atoms with E-state index in [9.17, 15) is 29.7 Å². The molecule has 10 heteroatoms. The van der Waals surface area contributed by atoms with Crippen LogP contribution in [0, 0.1) is 0 Å². The molecule has 4 unspecified atom stereocenters. The fourth-order valence-corrected chi connectivity index (χ4v) is 2.83. The summed E-state index contributed by atoms with van der Waals surface area (Å²) in [4.78, 5) is 33.8. The number of rotatable bonds is 6. The Balaban J connectivity index is 1.63. The number of hydrogen-bond donors (Lipinski definition) is 4. The Morgan fingerprint density at radius 2 is 1.89 bits per heavy atom. The van der Waals surface area contributed by atoms with Crippen molar-refractivity contribution in [3.8, 4) is 11.5 Å². The van der Waals surface area contributed by atoms with E-state index in [2.05, 4.69) is 10.1 Å². The molecule has 28 heavy (non-hydrogen) atoms. The Bertz CT molecular complexity index is 916. The van der Waals surface area contributed by atoms with E-state index >= 15 is 0 Å². The first-order chi connectivity index (χ1) is 13.3. The third-order valence-electron chi connectivity index (χ3n) is 4.42. The molecule has 0 bridgehead atoms. The predicted octanol–water partition coefficient (Wildman–Crippen LogP) is -0.897. The number of anilines is 1. The highest BCUT2D eigenvalue weighted by molar-refractivity contribution is 5.89. The normalized spacial score (nSPS) is 24.7. The number of benzene rings is 1. The summed E-state index contributed by atoms with van der Waals surface area (Å²) in [6, 6.07) is 5.91. The Morgan fingerprint density at radius 3 is 2.50 bits per heavy atom. The van der Waals surface area contributed by atoms with E-state index in [-0.39, 0.29) is 24.4 Å². The maximum atomic E-state index is 11.4. The molecule has 1 heterocycles. The lowest BCUT2D eigenvalue weighted by Gasteiger charge is -2.37. The summed E-state index contributed by atoms with van der Waals surface area (Å²) >= 11 is 0. The van der Waals surface area contributed by atoms with E-state index < -0.39 is 47.2 Å². The van der Waals surface area contributed by atoms with Crippen LogP contribution in [0.2, 0.25) is 0 Å². The van der Waals surface area contributed by atoms with E-state index in [0.29, 0.717) is 5.56 Å². The number of nitrogens with one attached hydrogen (secondary N) is 1. The van der Waals surface area contributed by atoms with Crippen molar-refractivity contribution < 1.29 is 34.3 Å². The molecule has 0 saturated carbocycles. The van der Waals surface area contributed by atoms with Crippen LogP contribution in [-0.2, 0) is 9.47 Å². The van der Waals surface area contributed by atoms with Crippen molar-refractivity contribution in [3.63, 3.8) is 0 Å². The molecule has 1 fully saturated rings. The third kappa shape index (κ3) is 3.84. The van der Waals surface area contributed by atoms with Crippen LogP contribution in [0.1, 0.15) is 16.8 Å². The molecule has 0 aliphatic carbocycles. The Kier molecular flexibility index (Phi) is 5.63. The van der Waals surface area contributed by atoms with E-state index in [1.165, 1.54) is 31.4 Å². The zero-order valence-electron chi connectivity index (χ0n) is 14.8. The van der Waals surface area contributed by atoms with Gasteiger partial charge in [0.1, 0.15) is 17.5 Å². The number of ether oxygens (including phenoxy) is 3. The van der Waals surface area contributed by atoms with E-state index in [1.807, 2.05) is 0 Å².